The van der Waals surface area contributed by atoms with E-state index < -0.39 is 0 Å². The first-order valence-electron chi connectivity index (χ1n) is 4.69. The van der Waals surface area contributed by atoms with Gasteiger partial charge in [0.25, 0.3) is 0 Å². The molecular formula is C11H9ClN4. The molecule has 16 heavy (non-hydrogen) atoms. The third-order valence-corrected chi connectivity index (χ3v) is 2.62. The second kappa shape index (κ2) is 3.95. The number of nitriles is 1. The van der Waals surface area contributed by atoms with Crippen LogP contribution in [0.25, 0.3) is 17.1 Å². The Morgan fingerprint density at radius 1 is 1.56 bits per heavy atom. The summed E-state index contributed by atoms with van der Waals surface area (Å²) in [4.78, 5) is 4.25. The minimum absolute atomic E-state index is 0.377. The third kappa shape index (κ3) is 1.66. The number of allylic oxidation sites excluding steroid dienone is 1. The van der Waals surface area contributed by atoms with Crippen molar-refractivity contribution in [2.45, 2.75) is 6.92 Å². The average molecular weight is 233 g/mol. The van der Waals surface area contributed by atoms with Crippen LogP contribution in [0, 0.1) is 18.3 Å². The van der Waals surface area contributed by atoms with Crippen molar-refractivity contribution in [3.05, 3.63) is 28.6 Å². The van der Waals surface area contributed by atoms with E-state index in [0.29, 0.717) is 5.15 Å². The predicted octanol–water partition coefficient (Wildman–Crippen LogP) is 2.47. The molecule has 0 aliphatic carbocycles. The summed E-state index contributed by atoms with van der Waals surface area (Å²) in [5.74, 6) is 0. The molecule has 0 spiro atoms. The van der Waals surface area contributed by atoms with Crippen molar-refractivity contribution in [3.8, 4) is 6.07 Å². The number of aryl methyl sites for hydroxylation is 2. The largest absolute Gasteiger partial charge is 0.250 e. The lowest BCUT2D eigenvalue weighted by molar-refractivity contribution is 0.774. The number of aromatic nitrogens is 3. The van der Waals surface area contributed by atoms with Gasteiger partial charge in [-0.25, -0.2) is 4.98 Å². The molecule has 2 aromatic rings. The standard InChI is InChI=1S/C11H9ClN4/c1-7-9-6-8(4-3-5-13)10(12)14-11(9)16(2)15-7/h3-4,6H,1-2H3. The topological polar surface area (TPSA) is 54.5 Å². The zero-order chi connectivity index (χ0) is 11.7. The van der Waals surface area contributed by atoms with E-state index in [0.717, 1.165) is 22.3 Å². The van der Waals surface area contributed by atoms with Gasteiger partial charge < -0.3 is 0 Å². The molecule has 0 saturated carbocycles. The Labute approximate surface area is 97.8 Å². The zero-order valence-electron chi connectivity index (χ0n) is 8.90. The molecule has 0 amide bonds. The van der Waals surface area contributed by atoms with Crippen LogP contribution in [0.3, 0.4) is 0 Å². The van der Waals surface area contributed by atoms with E-state index in [1.807, 2.05) is 26.1 Å². The molecule has 0 radical (unpaired) electrons. The molecule has 2 heterocycles. The van der Waals surface area contributed by atoms with Crippen LogP contribution in [0.5, 0.6) is 0 Å². The minimum atomic E-state index is 0.377. The lowest BCUT2D eigenvalue weighted by atomic mass is 10.2. The van der Waals surface area contributed by atoms with E-state index >= 15 is 0 Å². The van der Waals surface area contributed by atoms with Crippen LogP contribution in [0.2, 0.25) is 5.15 Å². The van der Waals surface area contributed by atoms with Gasteiger partial charge in [-0.1, -0.05) is 11.6 Å². The molecule has 0 aliphatic rings. The molecule has 0 fully saturated rings. The van der Waals surface area contributed by atoms with Crippen LogP contribution in [-0.2, 0) is 7.05 Å². The summed E-state index contributed by atoms with van der Waals surface area (Å²) in [6.07, 6.45) is 3.02. The van der Waals surface area contributed by atoms with Gasteiger partial charge in [0.05, 0.1) is 11.8 Å². The van der Waals surface area contributed by atoms with Gasteiger partial charge in [-0.05, 0) is 19.1 Å². The number of hydrogen-bond acceptors (Lipinski definition) is 3. The van der Waals surface area contributed by atoms with Crippen LogP contribution >= 0.6 is 11.6 Å². The fourth-order valence-corrected chi connectivity index (χ4v) is 1.78. The van der Waals surface area contributed by atoms with E-state index in [1.54, 1.807) is 10.8 Å². The van der Waals surface area contributed by atoms with Crippen molar-refractivity contribution in [2.75, 3.05) is 0 Å². The minimum Gasteiger partial charge on any atom is -0.250 e. The van der Waals surface area contributed by atoms with Gasteiger partial charge in [0, 0.05) is 24.1 Å². The summed E-state index contributed by atoms with van der Waals surface area (Å²) in [6.45, 7) is 1.91. The highest BCUT2D eigenvalue weighted by molar-refractivity contribution is 6.31. The maximum absolute atomic E-state index is 8.47. The number of fused-ring (bicyclic) bond motifs is 1. The predicted molar refractivity (Wildman–Crippen MR) is 62.9 cm³/mol. The molecule has 0 aliphatic heterocycles. The monoisotopic (exact) mass is 232 g/mol. The Kier molecular flexibility index (Phi) is 2.63. The molecule has 0 saturated heterocycles. The van der Waals surface area contributed by atoms with Crippen LogP contribution in [0.4, 0.5) is 0 Å². The van der Waals surface area contributed by atoms with Crippen LogP contribution < -0.4 is 0 Å². The molecule has 0 N–H and O–H groups in total. The highest BCUT2D eigenvalue weighted by Crippen LogP contribution is 2.23. The molecule has 80 valence electrons. The zero-order valence-corrected chi connectivity index (χ0v) is 9.65. The molecule has 2 rings (SSSR count). The van der Waals surface area contributed by atoms with E-state index in [9.17, 15) is 0 Å². The van der Waals surface area contributed by atoms with Crippen molar-refractivity contribution in [1.29, 1.82) is 5.26 Å². The van der Waals surface area contributed by atoms with Crippen molar-refractivity contribution >= 4 is 28.7 Å². The van der Waals surface area contributed by atoms with E-state index in [-0.39, 0.29) is 0 Å². The van der Waals surface area contributed by atoms with Crippen molar-refractivity contribution in [1.82, 2.24) is 14.8 Å². The fraction of sp³-hybridized carbons (Fsp3) is 0.182. The summed E-state index contributed by atoms with van der Waals surface area (Å²) in [7, 11) is 1.82. The van der Waals surface area contributed by atoms with Crippen LogP contribution in [0.15, 0.2) is 12.1 Å². The van der Waals surface area contributed by atoms with Gasteiger partial charge in [-0.15, -0.1) is 0 Å². The molecule has 0 unspecified atom stereocenters. The lowest BCUT2D eigenvalue weighted by Gasteiger charge is -1.98. The number of halogens is 1. The number of rotatable bonds is 1. The Balaban J connectivity index is 2.71. The van der Waals surface area contributed by atoms with E-state index in [1.165, 1.54) is 6.08 Å². The molecule has 4 nitrogen and oxygen atoms in total. The second-order valence-electron chi connectivity index (χ2n) is 3.41. The molecule has 2 aromatic heterocycles. The summed E-state index contributed by atoms with van der Waals surface area (Å²) < 4.78 is 1.69. The number of hydrogen-bond donors (Lipinski definition) is 0. The summed E-state index contributed by atoms with van der Waals surface area (Å²) >= 11 is 6.01. The molecule has 0 bridgehead atoms. The fourth-order valence-electron chi connectivity index (χ4n) is 1.58. The summed E-state index contributed by atoms with van der Waals surface area (Å²) in [6, 6.07) is 3.81. The second-order valence-corrected chi connectivity index (χ2v) is 3.77. The lowest BCUT2D eigenvalue weighted by Crippen LogP contribution is -1.92. The molecular weight excluding hydrogens is 224 g/mol. The number of pyridine rings is 1. The maximum Gasteiger partial charge on any atom is 0.159 e. The van der Waals surface area contributed by atoms with Gasteiger partial charge >= 0.3 is 0 Å². The number of nitrogens with zero attached hydrogens (tertiary/aromatic N) is 4. The average Bonchev–Trinajstić information content (AvgIpc) is 2.51. The summed E-state index contributed by atoms with van der Waals surface area (Å²) in [5, 5.41) is 14.1. The quantitative estimate of drug-likeness (QED) is 0.561. The van der Waals surface area contributed by atoms with E-state index in [2.05, 4.69) is 10.1 Å². The Bertz CT molecular complexity index is 619. The molecule has 0 atom stereocenters. The Morgan fingerprint density at radius 3 is 3.00 bits per heavy atom. The smallest absolute Gasteiger partial charge is 0.159 e. The van der Waals surface area contributed by atoms with Gasteiger partial charge in [0.2, 0.25) is 0 Å². The highest BCUT2D eigenvalue weighted by atomic mass is 35.5. The van der Waals surface area contributed by atoms with Gasteiger partial charge in [0.1, 0.15) is 5.15 Å². The Morgan fingerprint density at radius 2 is 2.31 bits per heavy atom. The van der Waals surface area contributed by atoms with Crippen molar-refractivity contribution in [2.24, 2.45) is 7.05 Å². The Hall–Kier alpha value is -1.86. The van der Waals surface area contributed by atoms with Crippen LogP contribution in [-0.4, -0.2) is 14.8 Å². The third-order valence-electron chi connectivity index (χ3n) is 2.32. The normalized spacial score (nSPS) is 11.1. The summed E-state index contributed by atoms with van der Waals surface area (Å²) in [5.41, 5.74) is 2.37. The van der Waals surface area contributed by atoms with Crippen molar-refractivity contribution in [3.63, 3.8) is 0 Å². The maximum atomic E-state index is 8.47. The molecule has 0 aromatic carbocycles. The SMILES string of the molecule is Cc1nn(C)c2nc(Cl)c(C=CC#N)cc12. The molecule has 5 heteroatoms. The first kappa shape index (κ1) is 10.7. The van der Waals surface area contributed by atoms with Crippen LogP contribution in [0.1, 0.15) is 11.3 Å². The van der Waals surface area contributed by atoms with Gasteiger partial charge in [-0.2, -0.15) is 10.4 Å². The first-order chi connectivity index (χ1) is 7.63. The van der Waals surface area contributed by atoms with Gasteiger partial charge in [0.15, 0.2) is 5.65 Å². The van der Waals surface area contributed by atoms with Gasteiger partial charge in [-0.3, -0.25) is 4.68 Å². The first-order valence-corrected chi connectivity index (χ1v) is 5.07. The highest BCUT2D eigenvalue weighted by Gasteiger charge is 2.09. The van der Waals surface area contributed by atoms with Crippen molar-refractivity contribution < 1.29 is 0 Å². The van der Waals surface area contributed by atoms with E-state index in [4.69, 9.17) is 16.9 Å².